The van der Waals surface area contributed by atoms with Crippen molar-refractivity contribution in [2.45, 2.75) is 37.6 Å². The van der Waals surface area contributed by atoms with E-state index in [1.807, 2.05) is 6.92 Å². The van der Waals surface area contributed by atoms with E-state index in [2.05, 4.69) is 5.32 Å². The van der Waals surface area contributed by atoms with Crippen LogP contribution in [-0.4, -0.2) is 30.4 Å². The first kappa shape index (κ1) is 17.9. The molecule has 0 radical (unpaired) electrons. The molecule has 0 bridgehead atoms. The second-order valence-electron chi connectivity index (χ2n) is 4.84. The van der Waals surface area contributed by atoms with E-state index in [9.17, 15) is 13.6 Å². The summed E-state index contributed by atoms with van der Waals surface area (Å²) in [5.74, 6) is -1.31. The van der Waals surface area contributed by atoms with Gasteiger partial charge in [-0.25, -0.2) is 8.78 Å². The fourth-order valence-electron chi connectivity index (χ4n) is 1.69. The van der Waals surface area contributed by atoms with Gasteiger partial charge < -0.3 is 10.1 Å². The molecule has 0 saturated carbocycles. The molecule has 1 rings (SSSR count). The highest BCUT2D eigenvalue weighted by Crippen LogP contribution is 2.26. The summed E-state index contributed by atoms with van der Waals surface area (Å²) < 4.78 is 31.6. The van der Waals surface area contributed by atoms with Crippen molar-refractivity contribution in [3.8, 4) is 0 Å². The third-order valence-electron chi connectivity index (χ3n) is 2.90. The Labute approximate surface area is 128 Å². The van der Waals surface area contributed by atoms with E-state index in [-0.39, 0.29) is 12.6 Å². The summed E-state index contributed by atoms with van der Waals surface area (Å²) in [5.41, 5.74) is -0.905. The third kappa shape index (κ3) is 5.28. The van der Waals surface area contributed by atoms with Crippen LogP contribution in [0.1, 0.15) is 27.2 Å². The maximum atomic E-state index is 13.6. The number of hydrogen-bond donors (Lipinski definition) is 1. The van der Waals surface area contributed by atoms with E-state index >= 15 is 0 Å². The number of nitrogens with one attached hydrogen (secondary N) is 1. The number of carbonyl (C=O) groups is 1. The Morgan fingerprint density at radius 2 is 2.10 bits per heavy atom. The van der Waals surface area contributed by atoms with Crippen LogP contribution in [0.4, 0.5) is 8.78 Å². The molecule has 3 nitrogen and oxygen atoms in total. The Hall–Kier alpha value is -1.14. The standard InChI is InChI=1S/C15H21F2NO2S/c1-4-8-18-15(3,14(19)20-5-2)10-21-13-7-6-11(16)9-12(13)17/h6-7,9,18H,4-5,8,10H2,1-3H3. The molecule has 1 aromatic rings. The molecule has 6 heteroatoms. The van der Waals surface area contributed by atoms with Gasteiger partial charge in [0.2, 0.25) is 0 Å². The predicted octanol–water partition coefficient (Wildman–Crippen LogP) is 3.38. The van der Waals surface area contributed by atoms with Crippen LogP contribution in [0.2, 0.25) is 0 Å². The van der Waals surface area contributed by atoms with Crippen molar-refractivity contribution in [1.29, 1.82) is 0 Å². The Morgan fingerprint density at radius 3 is 2.67 bits per heavy atom. The van der Waals surface area contributed by atoms with Gasteiger partial charge in [0.15, 0.2) is 0 Å². The van der Waals surface area contributed by atoms with Crippen molar-refractivity contribution < 1.29 is 18.3 Å². The fourth-order valence-corrected chi connectivity index (χ4v) is 2.71. The Bertz CT molecular complexity index is 485. The van der Waals surface area contributed by atoms with E-state index in [0.717, 1.165) is 24.2 Å². The highest BCUT2D eigenvalue weighted by Gasteiger charge is 2.34. The maximum Gasteiger partial charge on any atom is 0.326 e. The Morgan fingerprint density at radius 1 is 1.38 bits per heavy atom. The zero-order valence-corrected chi connectivity index (χ0v) is 13.4. The summed E-state index contributed by atoms with van der Waals surface area (Å²) in [7, 11) is 0. The van der Waals surface area contributed by atoms with Crippen LogP contribution in [0.3, 0.4) is 0 Å². The molecule has 0 aliphatic rings. The molecule has 0 aliphatic carbocycles. The number of benzene rings is 1. The molecule has 1 unspecified atom stereocenters. The smallest absolute Gasteiger partial charge is 0.326 e. The average molecular weight is 317 g/mol. The first-order valence-corrected chi connectivity index (χ1v) is 7.91. The highest BCUT2D eigenvalue weighted by atomic mass is 32.2. The van der Waals surface area contributed by atoms with E-state index in [1.165, 1.54) is 12.1 Å². The minimum absolute atomic E-state index is 0.289. The molecule has 0 amide bonds. The molecular weight excluding hydrogens is 296 g/mol. The van der Waals surface area contributed by atoms with Gasteiger partial charge in [0.05, 0.1) is 6.61 Å². The molecule has 1 aromatic carbocycles. The molecule has 0 aliphatic heterocycles. The van der Waals surface area contributed by atoms with Crippen LogP contribution in [0.15, 0.2) is 23.1 Å². The van der Waals surface area contributed by atoms with Crippen LogP contribution in [0.5, 0.6) is 0 Å². The lowest BCUT2D eigenvalue weighted by Gasteiger charge is -2.28. The van der Waals surface area contributed by atoms with Crippen molar-refractivity contribution in [3.05, 3.63) is 29.8 Å². The van der Waals surface area contributed by atoms with Gasteiger partial charge in [-0.2, -0.15) is 0 Å². The highest BCUT2D eigenvalue weighted by molar-refractivity contribution is 7.99. The minimum atomic E-state index is -0.905. The van der Waals surface area contributed by atoms with Crippen LogP contribution in [0, 0.1) is 11.6 Å². The lowest BCUT2D eigenvalue weighted by Crippen LogP contribution is -2.52. The van der Waals surface area contributed by atoms with Gasteiger partial charge in [-0.15, -0.1) is 11.8 Å². The topological polar surface area (TPSA) is 38.3 Å². The van der Waals surface area contributed by atoms with Gasteiger partial charge in [0.25, 0.3) is 0 Å². The average Bonchev–Trinajstić information content (AvgIpc) is 2.44. The van der Waals surface area contributed by atoms with Crippen molar-refractivity contribution in [2.24, 2.45) is 0 Å². The quantitative estimate of drug-likeness (QED) is 0.589. The maximum absolute atomic E-state index is 13.6. The SMILES string of the molecule is CCCNC(C)(CSc1ccc(F)cc1F)C(=O)OCC. The summed E-state index contributed by atoms with van der Waals surface area (Å²) in [5, 5.41) is 3.14. The zero-order chi connectivity index (χ0) is 15.9. The number of hydrogen-bond acceptors (Lipinski definition) is 4. The fraction of sp³-hybridized carbons (Fsp3) is 0.533. The first-order chi connectivity index (χ1) is 9.92. The summed E-state index contributed by atoms with van der Waals surface area (Å²) in [6.07, 6.45) is 0.866. The van der Waals surface area contributed by atoms with Gasteiger partial charge >= 0.3 is 5.97 Å². The molecular formula is C15H21F2NO2S. The van der Waals surface area contributed by atoms with E-state index in [1.54, 1.807) is 13.8 Å². The minimum Gasteiger partial charge on any atom is -0.465 e. The summed E-state index contributed by atoms with van der Waals surface area (Å²) in [6, 6.07) is 3.41. The molecule has 1 atom stereocenters. The van der Waals surface area contributed by atoms with Crippen LogP contribution < -0.4 is 5.32 Å². The van der Waals surface area contributed by atoms with Gasteiger partial charge in [-0.05, 0) is 38.9 Å². The van der Waals surface area contributed by atoms with Crippen molar-refractivity contribution in [2.75, 3.05) is 18.9 Å². The number of carbonyl (C=O) groups excluding carboxylic acids is 1. The lowest BCUT2D eigenvalue weighted by molar-refractivity contribution is -0.149. The summed E-state index contributed by atoms with van der Waals surface area (Å²) >= 11 is 1.16. The van der Waals surface area contributed by atoms with Crippen molar-refractivity contribution in [3.63, 3.8) is 0 Å². The summed E-state index contributed by atoms with van der Waals surface area (Å²) in [6.45, 7) is 6.41. The van der Waals surface area contributed by atoms with Crippen molar-refractivity contribution >= 4 is 17.7 Å². The number of rotatable bonds is 8. The van der Waals surface area contributed by atoms with Gasteiger partial charge in [0, 0.05) is 16.7 Å². The van der Waals surface area contributed by atoms with E-state index in [0.29, 0.717) is 17.2 Å². The van der Waals surface area contributed by atoms with Gasteiger partial charge in [-0.3, -0.25) is 4.79 Å². The van der Waals surface area contributed by atoms with Gasteiger partial charge in [-0.1, -0.05) is 6.92 Å². The van der Waals surface area contributed by atoms with Gasteiger partial charge in [0.1, 0.15) is 17.2 Å². The van der Waals surface area contributed by atoms with E-state index in [4.69, 9.17) is 4.74 Å². The Balaban J connectivity index is 2.78. The molecule has 118 valence electrons. The number of esters is 1. The number of ether oxygens (including phenoxy) is 1. The van der Waals surface area contributed by atoms with Crippen LogP contribution in [-0.2, 0) is 9.53 Å². The summed E-state index contributed by atoms with van der Waals surface area (Å²) in [4.78, 5) is 12.4. The largest absolute Gasteiger partial charge is 0.465 e. The molecule has 1 N–H and O–H groups in total. The molecule has 21 heavy (non-hydrogen) atoms. The molecule has 0 heterocycles. The second kappa shape index (κ2) is 8.34. The second-order valence-corrected chi connectivity index (χ2v) is 5.86. The number of thioether (sulfide) groups is 1. The molecule has 0 fully saturated rings. The number of halogens is 2. The van der Waals surface area contributed by atoms with Crippen LogP contribution in [0.25, 0.3) is 0 Å². The molecule has 0 saturated heterocycles. The van der Waals surface area contributed by atoms with E-state index < -0.39 is 17.2 Å². The van der Waals surface area contributed by atoms with Crippen molar-refractivity contribution in [1.82, 2.24) is 5.32 Å². The first-order valence-electron chi connectivity index (χ1n) is 6.93. The molecule has 0 spiro atoms. The predicted molar refractivity (Wildman–Crippen MR) is 80.4 cm³/mol. The molecule has 0 aromatic heterocycles. The zero-order valence-electron chi connectivity index (χ0n) is 12.5. The third-order valence-corrected chi connectivity index (χ3v) is 4.27. The normalized spacial score (nSPS) is 13.8. The van der Waals surface area contributed by atoms with Crippen LogP contribution >= 0.6 is 11.8 Å². The monoisotopic (exact) mass is 317 g/mol. The lowest BCUT2D eigenvalue weighted by atomic mass is 10.1. The Kier molecular flexibility index (Phi) is 7.11.